The van der Waals surface area contributed by atoms with E-state index in [0.717, 1.165) is 11.3 Å². The van der Waals surface area contributed by atoms with Crippen LogP contribution in [-0.4, -0.2) is 39.2 Å². The SMILES string of the molecule is O=C(Nc1nc(SCc2ccccc2)ns1)C1CCN(C(=O)C=Cc2ccccc2)CC1. The van der Waals surface area contributed by atoms with Crippen molar-refractivity contribution in [3.63, 3.8) is 0 Å². The molecular weight excluding hydrogens is 440 g/mol. The number of hydrogen-bond acceptors (Lipinski definition) is 6. The minimum atomic E-state index is -0.124. The molecule has 1 aliphatic heterocycles. The molecule has 4 rings (SSSR count). The summed E-state index contributed by atoms with van der Waals surface area (Å²) in [5, 5.41) is 4.09. The monoisotopic (exact) mass is 464 g/mol. The number of likely N-dealkylation sites (tertiary alicyclic amines) is 1. The van der Waals surface area contributed by atoms with E-state index in [1.165, 1.54) is 17.1 Å². The van der Waals surface area contributed by atoms with Gasteiger partial charge >= 0.3 is 0 Å². The molecule has 1 fully saturated rings. The normalized spacial score (nSPS) is 14.6. The van der Waals surface area contributed by atoms with Crippen LogP contribution in [0.3, 0.4) is 0 Å². The number of thioether (sulfide) groups is 1. The first-order valence-electron chi connectivity index (χ1n) is 10.5. The summed E-state index contributed by atoms with van der Waals surface area (Å²) < 4.78 is 4.33. The van der Waals surface area contributed by atoms with Gasteiger partial charge in [0.2, 0.25) is 22.1 Å². The highest BCUT2D eigenvalue weighted by Crippen LogP contribution is 2.25. The van der Waals surface area contributed by atoms with E-state index < -0.39 is 0 Å². The number of anilines is 1. The smallest absolute Gasteiger partial charge is 0.246 e. The predicted octanol–water partition coefficient (Wildman–Crippen LogP) is 4.72. The Kier molecular flexibility index (Phi) is 7.68. The van der Waals surface area contributed by atoms with Gasteiger partial charge in [-0.2, -0.15) is 9.36 Å². The number of amides is 2. The second kappa shape index (κ2) is 11.1. The zero-order valence-corrected chi connectivity index (χ0v) is 19.1. The van der Waals surface area contributed by atoms with Crippen LogP contribution in [0.4, 0.5) is 5.13 Å². The standard InChI is InChI=1S/C24H24N4O2S2/c29-21(12-11-18-7-3-1-4-8-18)28-15-13-20(14-16-28)22(30)25-23-26-24(27-32-23)31-17-19-9-5-2-6-10-19/h1-12,20H,13-17H2,(H,25,26,27,30). The van der Waals surface area contributed by atoms with Crippen molar-refractivity contribution in [2.24, 2.45) is 5.92 Å². The highest BCUT2D eigenvalue weighted by molar-refractivity contribution is 7.98. The quantitative estimate of drug-likeness (QED) is 0.404. The minimum Gasteiger partial charge on any atom is -0.339 e. The molecule has 0 atom stereocenters. The van der Waals surface area contributed by atoms with Crippen molar-refractivity contribution in [2.45, 2.75) is 23.8 Å². The van der Waals surface area contributed by atoms with Gasteiger partial charge in [-0.25, -0.2) is 0 Å². The summed E-state index contributed by atoms with van der Waals surface area (Å²) in [5.74, 6) is 0.599. The number of rotatable bonds is 7. The largest absolute Gasteiger partial charge is 0.339 e. The van der Waals surface area contributed by atoms with Crippen LogP contribution in [0, 0.1) is 5.92 Å². The van der Waals surface area contributed by atoms with Crippen LogP contribution >= 0.6 is 23.3 Å². The van der Waals surface area contributed by atoms with E-state index in [0.29, 0.717) is 36.2 Å². The van der Waals surface area contributed by atoms with Crippen LogP contribution in [0.5, 0.6) is 0 Å². The maximum atomic E-state index is 12.6. The molecule has 2 heterocycles. The molecule has 1 aliphatic rings. The van der Waals surface area contributed by atoms with Crippen LogP contribution < -0.4 is 5.32 Å². The van der Waals surface area contributed by atoms with Crippen molar-refractivity contribution in [1.29, 1.82) is 0 Å². The maximum absolute atomic E-state index is 12.6. The molecule has 0 saturated carbocycles. The van der Waals surface area contributed by atoms with Crippen molar-refractivity contribution in [3.05, 3.63) is 77.9 Å². The lowest BCUT2D eigenvalue weighted by Gasteiger charge is -2.30. The molecular formula is C24H24N4O2S2. The first-order valence-corrected chi connectivity index (χ1v) is 12.3. The molecule has 0 spiro atoms. The second-order valence-electron chi connectivity index (χ2n) is 7.49. The minimum absolute atomic E-state index is 0.0167. The third kappa shape index (κ3) is 6.27. The van der Waals surface area contributed by atoms with E-state index >= 15 is 0 Å². The molecule has 1 aromatic heterocycles. The van der Waals surface area contributed by atoms with Gasteiger partial charge in [0, 0.05) is 42.4 Å². The van der Waals surface area contributed by atoms with E-state index in [2.05, 4.69) is 26.8 Å². The Hall–Kier alpha value is -2.97. The van der Waals surface area contributed by atoms with Crippen LogP contribution in [0.1, 0.15) is 24.0 Å². The fraction of sp³-hybridized carbons (Fsp3) is 0.250. The topological polar surface area (TPSA) is 75.2 Å². The molecule has 2 amide bonds. The number of nitrogens with one attached hydrogen (secondary N) is 1. The Morgan fingerprint density at radius 2 is 1.75 bits per heavy atom. The number of nitrogens with zero attached hydrogens (tertiary/aromatic N) is 3. The van der Waals surface area contributed by atoms with Gasteiger partial charge < -0.3 is 10.2 Å². The third-order valence-electron chi connectivity index (χ3n) is 5.24. The fourth-order valence-corrected chi connectivity index (χ4v) is 4.95. The molecule has 32 heavy (non-hydrogen) atoms. The Bertz CT molecular complexity index is 1060. The summed E-state index contributed by atoms with van der Waals surface area (Å²) in [7, 11) is 0. The number of hydrogen-bond donors (Lipinski definition) is 1. The lowest BCUT2D eigenvalue weighted by Crippen LogP contribution is -2.40. The Labute approximate surface area is 195 Å². The second-order valence-corrected chi connectivity index (χ2v) is 9.18. The van der Waals surface area contributed by atoms with Gasteiger partial charge in [-0.3, -0.25) is 9.59 Å². The van der Waals surface area contributed by atoms with Crippen LogP contribution in [-0.2, 0) is 15.3 Å². The van der Waals surface area contributed by atoms with Gasteiger partial charge in [-0.05, 0) is 30.0 Å². The maximum Gasteiger partial charge on any atom is 0.246 e. The van der Waals surface area contributed by atoms with Crippen LogP contribution in [0.2, 0.25) is 0 Å². The molecule has 0 bridgehead atoms. The summed E-state index contributed by atoms with van der Waals surface area (Å²) in [5.41, 5.74) is 2.20. The van der Waals surface area contributed by atoms with Crippen molar-refractivity contribution < 1.29 is 9.59 Å². The van der Waals surface area contributed by atoms with Crippen molar-refractivity contribution >= 4 is 46.3 Å². The number of aromatic nitrogens is 2. The molecule has 1 N–H and O–H groups in total. The summed E-state index contributed by atoms with van der Waals surface area (Å²) >= 11 is 2.75. The molecule has 1 saturated heterocycles. The summed E-state index contributed by atoms with van der Waals surface area (Å²) in [6, 6.07) is 19.9. The van der Waals surface area contributed by atoms with E-state index in [9.17, 15) is 9.59 Å². The summed E-state index contributed by atoms with van der Waals surface area (Å²) in [6.45, 7) is 1.15. The van der Waals surface area contributed by atoms with Crippen molar-refractivity contribution in [1.82, 2.24) is 14.3 Å². The first kappa shape index (κ1) is 22.2. The molecule has 8 heteroatoms. The summed E-state index contributed by atoms with van der Waals surface area (Å²) in [6.07, 6.45) is 4.71. The Morgan fingerprint density at radius 3 is 2.47 bits per heavy atom. The highest BCUT2D eigenvalue weighted by Gasteiger charge is 2.27. The molecule has 164 valence electrons. The van der Waals surface area contributed by atoms with Crippen molar-refractivity contribution in [3.8, 4) is 0 Å². The van der Waals surface area contributed by atoms with E-state index in [4.69, 9.17) is 0 Å². The fourth-order valence-electron chi connectivity index (χ4n) is 3.45. The summed E-state index contributed by atoms with van der Waals surface area (Å²) in [4.78, 5) is 31.3. The third-order valence-corrected chi connectivity index (χ3v) is 6.91. The first-order chi connectivity index (χ1) is 15.7. The number of benzene rings is 2. The zero-order chi connectivity index (χ0) is 22.2. The van der Waals surface area contributed by atoms with Crippen LogP contribution in [0.15, 0.2) is 71.9 Å². The van der Waals surface area contributed by atoms with Gasteiger partial charge in [0.15, 0.2) is 0 Å². The molecule has 0 unspecified atom stereocenters. The Balaban J connectivity index is 1.22. The van der Waals surface area contributed by atoms with Gasteiger partial charge in [0.25, 0.3) is 0 Å². The van der Waals surface area contributed by atoms with Crippen LogP contribution in [0.25, 0.3) is 6.08 Å². The van der Waals surface area contributed by atoms with E-state index in [1.54, 1.807) is 22.7 Å². The van der Waals surface area contributed by atoms with Crippen molar-refractivity contribution in [2.75, 3.05) is 18.4 Å². The van der Waals surface area contributed by atoms with Gasteiger partial charge in [0.1, 0.15) is 0 Å². The van der Waals surface area contributed by atoms with E-state index in [1.807, 2.05) is 54.6 Å². The number of piperidine rings is 1. The van der Waals surface area contributed by atoms with E-state index in [-0.39, 0.29) is 17.7 Å². The highest BCUT2D eigenvalue weighted by atomic mass is 32.2. The predicted molar refractivity (Wildman–Crippen MR) is 129 cm³/mol. The lowest BCUT2D eigenvalue weighted by atomic mass is 9.96. The molecule has 0 aliphatic carbocycles. The molecule has 2 aromatic carbocycles. The molecule has 3 aromatic rings. The Morgan fingerprint density at radius 1 is 1.06 bits per heavy atom. The average Bonchev–Trinajstić information content (AvgIpc) is 3.30. The number of carbonyl (C=O) groups is 2. The average molecular weight is 465 g/mol. The van der Waals surface area contributed by atoms with Gasteiger partial charge in [-0.15, -0.1) is 0 Å². The molecule has 6 nitrogen and oxygen atoms in total. The lowest BCUT2D eigenvalue weighted by molar-refractivity contribution is -0.130. The zero-order valence-electron chi connectivity index (χ0n) is 17.5. The number of carbonyl (C=O) groups excluding carboxylic acids is 2. The van der Waals surface area contributed by atoms with Gasteiger partial charge in [0.05, 0.1) is 0 Å². The molecule has 0 radical (unpaired) electrons. The van der Waals surface area contributed by atoms with Gasteiger partial charge in [-0.1, -0.05) is 72.4 Å².